The van der Waals surface area contributed by atoms with Crippen molar-refractivity contribution in [3.63, 3.8) is 0 Å². The maximum Gasteiger partial charge on any atom is 0.241 e. The van der Waals surface area contributed by atoms with Gasteiger partial charge in [0.15, 0.2) is 0 Å². The van der Waals surface area contributed by atoms with Crippen LogP contribution in [0.2, 0.25) is 0 Å². The molecule has 1 heterocycles. The average molecular weight is 343 g/mol. The van der Waals surface area contributed by atoms with E-state index < -0.39 is 6.04 Å². The normalized spacial score (nSPS) is 13.6. The summed E-state index contributed by atoms with van der Waals surface area (Å²) < 4.78 is 13.4. The van der Waals surface area contributed by atoms with Crippen LogP contribution in [0, 0.1) is 25.6 Å². The maximum atomic E-state index is 13.4. The zero-order chi connectivity index (χ0) is 18.6. The molecule has 0 saturated heterocycles. The van der Waals surface area contributed by atoms with Crippen molar-refractivity contribution in [2.24, 2.45) is 5.92 Å². The molecule has 2 aromatic rings. The van der Waals surface area contributed by atoms with Crippen molar-refractivity contribution in [3.05, 3.63) is 59.2 Å². The number of rotatable bonds is 6. The predicted molar refractivity (Wildman–Crippen MR) is 98.9 cm³/mol. The van der Waals surface area contributed by atoms with Crippen LogP contribution >= 0.6 is 0 Å². The number of hydrogen-bond donors (Lipinski definition) is 2. The Balaban J connectivity index is 2.13. The number of benzene rings is 1. The number of halogens is 1. The van der Waals surface area contributed by atoms with E-state index in [4.69, 9.17) is 0 Å². The number of pyridine rings is 1. The fraction of sp³-hybridized carbons (Fsp3) is 0.400. The Hall–Kier alpha value is -2.27. The van der Waals surface area contributed by atoms with E-state index in [-0.39, 0.29) is 23.7 Å². The molecular weight excluding hydrogens is 317 g/mol. The van der Waals surface area contributed by atoms with Crippen molar-refractivity contribution in [2.45, 2.75) is 46.7 Å². The summed E-state index contributed by atoms with van der Waals surface area (Å²) in [6.07, 6.45) is 1.76. The number of aromatic nitrogens is 1. The van der Waals surface area contributed by atoms with Crippen molar-refractivity contribution in [2.75, 3.05) is 5.32 Å². The largest absolute Gasteiger partial charge is 0.324 e. The number of amides is 1. The van der Waals surface area contributed by atoms with Gasteiger partial charge in [-0.1, -0.05) is 26.0 Å². The lowest BCUT2D eigenvalue weighted by Gasteiger charge is -2.27. The third kappa shape index (κ3) is 4.86. The number of hydrogen-bond acceptors (Lipinski definition) is 3. The first-order chi connectivity index (χ1) is 11.8. The molecule has 4 nitrogen and oxygen atoms in total. The standard InChI is InChI=1S/C20H26FN3O/c1-12(2)18(19-14(4)7-6-10-22-19)23-15(5)20(25)24-17-11-16(21)9-8-13(17)3/h6-12,15,18,23H,1-5H3,(H,24,25). The van der Waals surface area contributed by atoms with Gasteiger partial charge in [0.05, 0.1) is 17.8 Å². The molecule has 2 atom stereocenters. The fourth-order valence-corrected chi connectivity index (χ4v) is 2.73. The van der Waals surface area contributed by atoms with Gasteiger partial charge < -0.3 is 5.32 Å². The Morgan fingerprint density at radius 3 is 2.48 bits per heavy atom. The van der Waals surface area contributed by atoms with Crippen LogP contribution in [-0.4, -0.2) is 16.9 Å². The summed E-state index contributed by atoms with van der Waals surface area (Å²) in [5.74, 6) is -0.307. The van der Waals surface area contributed by atoms with Crippen LogP contribution < -0.4 is 10.6 Å². The molecule has 0 aliphatic heterocycles. The molecule has 0 fully saturated rings. The molecule has 0 saturated carbocycles. The summed E-state index contributed by atoms with van der Waals surface area (Å²) in [6, 6.07) is 7.79. The SMILES string of the molecule is Cc1ccc(F)cc1NC(=O)C(C)NC(c1ncccc1C)C(C)C. The Morgan fingerprint density at radius 2 is 1.84 bits per heavy atom. The van der Waals surface area contributed by atoms with Gasteiger partial charge in [-0.3, -0.25) is 15.1 Å². The van der Waals surface area contributed by atoms with Crippen molar-refractivity contribution >= 4 is 11.6 Å². The van der Waals surface area contributed by atoms with Crippen LogP contribution in [0.25, 0.3) is 0 Å². The van der Waals surface area contributed by atoms with Gasteiger partial charge in [-0.25, -0.2) is 4.39 Å². The smallest absolute Gasteiger partial charge is 0.241 e. The summed E-state index contributed by atoms with van der Waals surface area (Å²) in [5, 5.41) is 6.16. The molecule has 2 unspecified atom stereocenters. The zero-order valence-corrected chi connectivity index (χ0v) is 15.4. The lowest BCUT2D eigenvalue weighted by Crippen LogP contribution is -2.42. The summed E-state index contributed by atoms with van der Waals surface area (Å²) in [7, 11) is 0. The Labute approximate surface area is 148 Å². The Kier molecular flexibility index (Phi) is 6.26. The van der Waals surface area contributed by atoms with E-state index in [0.717, 1.165) is 16.8 Å². The second-order valence-corrected chi connectivity index (χ2v) is 6.76. The number of aryl methyl sites for hydroxylation is 2. The fourth-order valence-electron chi connectivity index (χ4n) is 2.73. The van der Waals surface area contributed by atoms with Crippen molar-refractivity contribution in [1.29, 1.82) is 0 Å². The minimum atomic E-state index is -0.448. The second kappa shape index (κ2) is 8.21. The van der Waals surface area contributed by atoms with Gasteiger partial charge in [0.1, 0.15) is 5.82 Å². The van der Waals surface area contributed by atoms with Crippen LogP contribution in [0.4, 0.5) is 10.1 Å². The predicted octanol–water partition coefficient (Wildman–Crippen LogP) is 4.15. The monoisotopic (exact) mass is 343 g/mol. The molecule has 0 bridgehead atoms. The molecule has 1 aromatic carbocycles. The number of nitrogens with zero attached hydrogens (tertiary/aromatic N) is 1. The highest BCUT2D eigenvalue weighted by Crippen LogP contribution is 2.23. The van der Waals surface area contributed by atoms with E-state index in [1.165, 1.54) is 12.1 Å². The molecular formula is C20H26FN3O. The van der Waals surface area contributed by atoms with E-state index >= 15 is 0 Å². The summed E-state index contributed by atoms with van der Waals surface area (Å²) in [5.41, 5.74) is 3.35. The average Bonchev–Trinajstić information content (AvgIpc) is 2.56. The van der Waals surface area contributed by atoms with Crippen molar-refractivity contribution in [3.8, 4) is 0 Å². The molecule has 0 spiro atoms. The molecule has 134 valence electrons. The third-order valence-corrected chi connectivity index (χ3v) is 4.29. The van der Waals surface area contributed by atoms with Crippen LogP contribution in [0.5, 0.6) is 0 Å². The van der Waals surface area contributed by atoms with E-state index in [1.54, 1.807) is 19.2 Å². The molecule has 0 radical (unpaired) electrons. The van der Waals surface area contributed by atoms with Crippen LogP contribution in [0.1, 0.15) is 43.6 Å². The second-order valence-electron chi connectivity index (χ2n) is 6.76. The molecule has 0 aliphatic carbocycles. The van der Waals surface area contributed by atoms with E-state index in [2.05, 4.69) is 29.5 Å². The summed E-state index contributed by atoms with van der Waals surface area (Å²) >= 11 is 0. The van der Waals surface area contributed by atoms with Gasteiger partial charge >= 0.3 is 0 Å². The van der Waals surface area contributed by atoms with E-state index in [0.29, 0.717) is 5.69 Å². The molecule has 1 aromatic heterocycles. The molecule has 1 amide bonds. The Bertz CT molecular complexity index is 745. The highest BCUT2D eigenvalue weighted by atomic mass is 19.1. The zero-order valence-electron chi connectivity index (χ0n) is 15.4. The number of nitrogens with one attached hydrogen (secondary N) is 2. The van der Waals surface area contributed by atoms with Gasteiger partial charge in [0.2, 0.25) is 5.91 Å². The lowest BCUT2D eigenvalue weighted by molar-refractivity contribution is -0.118. The van der Waals surface area contributed by atoms with Crippen molar-refractivity contribution in [1.82, 2.24) is 10.3 Å². The molecule has 5 heteroatoms. The first-order valence-electron chi connectivity index (χ1n) is 8.54. The minimum absolute atomic E-state index is 0.0458. The topological polar surface area (TPSA) is 54.0 Å². The maximum absolute atomic E-state index is 13.4. The molecule has 0 aliphatic rings. The van der Waals surface area contributed by atoms with Crippen molar-refractivity contribution < 1.29 is 9.18 Å². The number of carbonyl (C=O) groups is 1. The highest BCUT2D eigenvalue weighted by Gasteiger charge is 2.24. The lowest BCUT2D eigenvalue weighted by atomic mass is 9.96. The highest BCUT2D eigenvalue weighted by molar-refractivity contribution is 5.95. The van der Waals surface area contributed by atoms with Crippen LogP contribution in [-0.2, 0) is 4.79 Å². The molecule has 25 heavy (non-hydrogen) atoms. The summed E-state index contributed by atoms with van der Waals surface area (Å²) in [6.45, 7) is 9.83. The summed E-state index contributed by atoms with van der Waals surface area (Å²) in [4.78, 5) is 17.0. The van der Waals surface area contributed by atoms with E-state index in [9.17, 15) is 9.18 Å². The first kappa shape index (κ1) is 19.1. The molecule has 2 N–H and O–H groups in total. The van der Waals surface area contributed by atoms with Crippen LogP contribution in [0.15, 0.2) is 36.5 Å². The quantitative estimate of drug-likeness (QED) is 0.828. The minimum Gasteiger partial charge on any atom is -0.324 e. The first-order valence-corrected chi connectivity index (χ1v) is 8.54. The Morgan fingerprint density at radius 1 is 1.12 bits per heavy atom. The van der Waals surface area contributed by atoms with E-state index in [1.807, 2.05) is 26.0 Å². The van der Waals surface area contributed by atoms with Gasteiger partial charge in [-0.2, -0.15) is 0 Å². The van der Waals surface area contributed by atoms with Gasteiger partial charge in [0.25, 0.3) is 0 Å². The van der Waals surface area contributed by atoms with Gasteiger partial charge in [0, 0.05) is 11.9 Å². The number of carbonyl (C=O) groups excluding carboxylic acids is 1. The van der Waals surface area contributed by atoms with Gasteiger partial charge in [-0.05, 0) is 56.0 Å². The number of anilines is 1. The van der Waals surface area contributed by atoms with Crippen LogP contribution in [0.3, 0.4) is 0 Å². The molecule has 2 rings (SSSR count). The van der Waals surface area contributed by atoms with Gasteiger partial charge in [-0.15, -0.1) is 0 Å². The third-order valence-electron chi connectivity index (χ3n) is 4.29.